The van der Waals surface area contributed by atoms with Crippen molar-refractivity contribution in [2.24, 2.45) is 5.41 Å². The zero-order chi connectivity index (χ0) is 12.1. The van der Waals surface area contributed by atoms with Gasteiger partial charge in [0, 0.05) is 0 Å². The lowest BCUT2D eigenvalue weighted by Crippen LogP contribution is -2.13. The average Bonchev–Trinajstić information content (AvgIpc) is 2.82. The van der Waals surface area contributed by atoms with Gasteiger partial charge in [-0.1, -0.05) is 68.0 Å². The van der Waals surface area contributed by atoms with Gasteiger partial charge in [0.1, 0.15) is 0 Å². The zero-order valence-electron chi connectivity index (χ0n) is 10.9. The molecule has 0 spiro atoms. The normalized spacial score (nSPS) is 18.6. The lowest BCUT2D eigenvalue weighted by Gasteiger charge is -2.25. The van der Waals surface area contributed by atoms with E-state index in [2.05, 4.69) is 62.4 Å². The molecule has 17 heavy (non-hydrogen) atoms. The maximum atomic E-state index is 2.42. The van der Waals surface area contributed by atoms with Gasteiger partial charge < -0.3 is 0 Å². The SMILES string of the molecule is CCC1(CC)CC=C(/C=C/c2ccccc2)C1. The van der Waals surface area contributed by atoms with E-state index < -0.39 is 0 Å². The van der Waals surface area contributed by atoms with Crippen LogP contribution in [0.2, 0.25) is 0 Å². The summed E-state index contributed by atoms with van der Waals surface area (Å²) in [5.41, 5.74) is 3.35. The fourth-order valence-electron chi connectivity index (χ4n) is 2.61. The van der Waals surface area contributed by atoms with Crippen LogP contribution in [0.4, 0.5) is 0 Å². The van der Waals surface area contributed by atoms with Gasteiger partial charge in [0.15, 0.2) is 0 Å². The Morgan fingerprint density at radius 1 is 1.06 bits per heavy atom. The summed E-state index contributed by atoms with van der Waals surface area (Å²) >= 11 is 0. The molecule has 2 rings (SSSR count). The second-order valence-electron chi connectivity index (χ2n) is 5.11. The molecule has 1 aliphatic carbocycles. The summed E-state index contributed by atoms with van der Waals surface area (Å²) in [5.74, 6) is 0. The molecule has 0 saturated heterocycles. The lowest BCUT2D eigenvalue weighted by molar-refractivity contribution is 0.283. The van der Waals surface area contributed by atoms with Gasteiger partial charge in [0.25, 0.3) is 0 Å². The van der Waals surface area contributed by atoms with E-state index in [1.807, 2.05) is 0 Å². The molecule has 1 aromatic carbocycles. The highest BCUT2D eigenvalue weighted by molar-refractivity contribution is 5.53. The quantitative estimate of drug-likeness (QED) is 0.659. The van der Waals surface area contributed by atoms with Gasteiger partial charge in [0.2, 0.25) is 0 Å². The Morgan fingerprint density at radius 3 is 2.35 bits per heavy atom. The second kappa shape index (κ2) is 5.35. The molecule has 0 aromatic heterocycles. The zero-order valence-corrected chi connectivity index (χ0v) is 10.9. The summed E-state index contributed by atoms with van der Waals surface area (Å²) in [6.07, 6.45) is 12.0. The molecule has 0 unspecified atom stereocenters. The van der Waals surface area contributed by atoms with E-state index in [1.165, 1.54) is 36.8 Å². The van der Waals surface area contributed by atoms with Crippen molar-refractivity contribution in [2.45, 2.75) is 39.5 Å². The molecule has 0 radical (unpaired) electrons. The van der Waals surface area contributed by atoms with Crippen molar-refractivity contribution in [1.82, 2.24) is 0 Å². The Labute approximate surface area is 105 Å². The van der Waals surface area contributed by atoms with E-state index in [0.717, 1.165) is 0 Å². The number of rotatable bonds is 4. The molecule has 1 aliphatic rings. The van der Waals surface area contributed by atoms with Gasteiger partial charge in [-0.15, -0.1) is 0 Å². The molecule has 90 valence electrons. The first-order valence-corrected chi connectivity index (χ1v) is 6.70. The topological polar surface area (TPSA) is 0 Å². The molecule has 0 atom stereocenters. The Bertz CT molecular complexity index is 405. The van der Waals surface area contributed by atoms with Crippen LogP contribution < -0.4 is 0 Å². The minimum absolute atomic E-state index is 0.552. The average molecular weight is 226 g/mol. The maximum Gasteiger partial charge on any atom is -0.0222 e. The molecule has 0 bridgehead atoms. The van der Waals surface area contributed by atoms with Crippen molar-refractivity contribution in [2.75, 3.05) is 0 Å². The Morgan fingerprint density at radius 2 is 1.76 bits per heavy atom. The summed E-state index contributed by atoms with van der Waals surface area (Å²) in [6.45, 7) is 4.64. The molecule has 0 nitrogen and oxygen atoms in total. The summed E-state index contributed by atoms with van der Waals surface area (Å²) in [4.78, 5) is 0. The van der Waals surface area contributed by atoms with Crippen LogP contribution in [0, 0.1) is 5.41 Å². The van der Waals surface area contributed by atoms with Crippen LogP contribution >= 0.6 is 0 Å². The number of hydrogen-bond donors (Lipinski definition) is 0. The lowest BCUT2D eigenvalue weighted by atomic mass is 9.79. The number of benzene rings is 1. The second-order valence-corrected chi connectivity index (χ2v) is 5.11. The molecule has 1 aromatic rings. The van der Waals surface area contributed by atoms with Gasteiger partial charge in [-0.25, -0.2) is 0 Å². The molecule has 0 heteroatoms. The van der Waals surface area contributed by atoms with Crippen molar-refractivity contribution < 1.29 is 0 Å². The van der Waals surface area contributed by atoms with Crippen molar-refractivity contribution in [1.29, 1.82) is 0 Å². The third-order valence-corrected chi connectivity index (χ3v) is 4.17. The third-order valence-electron chi connectivity index (χ3n) is 4.17. The predicted octanol–water partition coefficient (Wildman–Crippen LogP) is 5.23. The highest BCUT2D eigenvalue weighted by Crippen LogP contribution is 2.43. The monoisotopic (exact) mass is 226 g/mol. The first kappa shape index (κ1) is 12.2. The van der Waals surface area contributed by atoms with E-state index in [1.54, 1.807) is 0 Å². The summed E-state index contributed by atoms with van der Waals surface area (Å²) in [6, 6.07) is 10.5. The third kappa shape index (κ3) is 2.88. The smallest absolute Gasteiger partial charge is 0.0222 e. The van der Waals surface area contributed by atoms with Gasteiger partial charge in [-0.2, -0.15) is 0 Å². The van der Waals surface area contributed by atoms with E-state index >= 15 is 0 Å². The molecule has 0 amide bonds. The Hall–Kier alpha value is -1.30. The molecule has 0 aliphatic heterocycles. The highest BCUT2D eigenvalue weighted by Gasteiger charge is 2.29. The summed E-state index contributed by atoms with van der Waals surface area (Å²) < 4.78 is 0. The molecular formula is C17H22. The first-order valence-electron chi connectivity index (χ1n) is 6.70. The highest BCUT2D eigenvalue weighted by atomic mass is 14.3. The fraction of sp³-hybridized carbons (Fsp3) is 0.412. The minimum atomic E-state index is 0.552. The predicted molar refractivity (Wildman–Crippen MR) is 75.8 cm³/mol. The largest absolute Gasteiger partial charge is 0.0807 e. The summed E-state index contributed by atoms with van der Waals surface area (Å²) in [7, 11) is 0. The fourth-order valence-corrected chi connectivity index (χ4v) is 2.61. The van der Waals surface area contributed by atoms with E-state index in [9.17, 15) is 0 Å². The Kier molecular flexibility index (Phi) is 3.83. The number of allylic oxidation sites excluding steroid dienone is 3. The van der Waals surface area contributed by atoms with E-state index in [4.69, 9.17) is 0 Å². The standard InChI is InChI=1S/C17H22/c1-3-17(4-2)13-12-16(14-17)11-10-15-8-6-5-7-9-15/h5-12H,3-4,13-14H2,1-2H3/b11-10+. The molecule has 0 heterocycles. The Balaban J connectivity index is 2.01. The van der Waals surface area contributed by atoms with E-state index in [0.29, 0.717) is 5.41 Å². The molecule has 0 fully saturated rings. The van der Waals surface area contributed by atoms with Gasteiger partial charge in [0.05, 0.1) is 0 Å². The van der Waals surface area contributed by atoms with E-state index in [-0.39, 0.29) is 0 Å². The van der Waals surface area contributed by atoms with Crippen LogP contribution in [-0.4, -0.2) is 0 Å². The van der Waals surface area contributed by atoms with Crippen LogP contribution in [0.15, 0.2) is 48.1 Å². The van der Waals surface area contributed by atoms with Crippen LogP contribution in [0.3, 0.4) is 0 Å². The van der Waals surface area contributed by atoms with Crippen LogP contribution in [-0.2, 0) is 0 Å². The minimum Gasteiger partial charge on any atom is -0.0807 e. The van der Waals surface area contributed by atoms with Crippen LogP contribution in [0.1, 0.15) is 45.1 Å². The summed E-state index contributed by atoms with van der Waals surface area (Å²) in [5, 5.41) is 0. The molecule has 0 saturated carbocycles. The number of hydrogen-bond acceptors (Lipinski definition) is 0. The van der Waals surface area contributed by atoms with Crippen molar-refractivity contribution in [3.63, 3.8) is 0 Å². The van der Waals surface area contributed by atoms with Crippen LogP contribution in [0.25, 0.3) is 6.08 Å². The maximum absolute atomic E-state index is 2.42. The van der Waals surface area contributed by atoms with Gasteiger partial charge in [-0.05, 0) is 36.7 Å². The molecule has 0 N–H and O–H groups in total. The van der Waals surface area contributed by atoms with Crippen molar-refractivity contribution in [3.8, 4) is 0 Å². The van der Waals surface area contributed by atoms with Crippen molar-refractivity contribution in [3.05, 3.63) is 53.6 Å². The van der Waals surface area contributed by atoms with Gasteiger partial charge in [-0.3, -0.25) is 0 Å². The molecular weight excluding hydrogens is 204 g/mol. The van der Waals surface area contributed by atoms with Gasteiger partial charge >= 0.3 is 0 Å². The van der Waals surface area contributed by atoms with Crippen molar-refractivity contribution >= 4 is 6.08 Å². The van der Waals surface area contributed by atoms with Crippen LogP contribution in [0.5, 0.6) is 0 Å². The first-order chi connectivity index (χ1) is 8.28.